The molecular weight excluding hydrogens is 401 g/mol. The molecule has 0 unspecified atom stereocenters. The van der Waals surface area contributed by atoms with Gasteiger partial charge in [-0.05, 0) is 55.3 Å². The summed E-state index contributed by atoms with van der Waals surface area (Å²) < 4.78 is 16.3. The van der Waals surface area contributed by atoms with E-state index in [1.54, 1.807) is 31.2 Å². The largest absolute Gasteiger partial charge is 0.490 e. The number of rotatable bonds is 8. The highest BCUT2D eigenvalue weighted by Gasteiger charge is 2.15. The van der Waals surface area contributed by atoms with Gasteiger partial charge in [0.1, 0.15) is 18.2 Å². The van der Waals surface area contributed by atoms with Gasteiger partial charge in [0.15, 0.2) is 11.5 Å². The van der Waals surface area contributed by atoms with Crippen LogP contribution in [0, 0.1) is 11.3 Å². The highest BCUT2D eigenvalue weighted by molar-refractivity contribution is 6.32. The zero-order valence-corrected chi connectivity index (χ0v) is 17.0. The first kappa shape index (κ1) is 21.6. The molecule has 0 aliphatic heterocycles. The summed E-state index contributed by atoms with van der Waals surface area (Å²) in [6, 6.07) is 12.3. The number of carbonyl (C=O) groups is 1. The van der Waals surface area contributed by atoms with E-state index < -0.39 is 5.97 Å². The molecule has 0 fully saturated rings. The highest BCUT2D eigenvalue weighted by Crippen LogP contribution is 2.38. The third kappa shape index (κ3) is 5.91. The first-order valence-electron chi connectivity index (χ1n) is 8.61. The van der Waals surface area contributed by atoms with Crippen molar-refractivity contribution < 1.29 is 19.0 Å². The lowest BCUT2D eigenvalue weighted by atomic mass is 10.1. The topological polar surface area (TPSA) is 68.6 Å². The maximum Gasteiger partial charge on any atom is 0.348 e. The van der Waals surface area contributed by atoms with E-state index in [1.807, 2.05) is 25.1 Å². The van der Waals surface area contributed by atoms with Crippen molar-refractivity contribution in [1.82, 2.24) is 0 Å². The van der Waals surface area contributed by atoms with Crippen LogP contribution in [0.3, 0.4) is 0 Å². The van der Waals surface area contributed by atoms with Crippen LogP contribution in [0.4, 0.5) is 0 Å². The zero-order chi connectivity index (χ0) is 20.5. The van der Waals surface area contributed by atoms with Gasteiger partial charge >= 0.3 is 5.97 Å². The van der Waals surface area contributed by atoms with E-state index in [-0.39, 0.29) is 18.8 Å². The molecule has 2 aromatic carbocycles. The van der Waals surface area contributed by atoms with E-state index in [2.05, 4.69) is 0 Å². The third-order valence-electron chi connectivity index (χ3n) is 3.55. The molecular formula is C21H19Cl2NO4. The summed E-state index contributed by atoms with van der Waals surface area (Å²) in [4.78, 5) is 11.8. The minimum absolute atomic E-state index is 0.129. The zero-order valence-electron chi connectivity index (χ0n) is 15.5. The van der Waals surface area contributed by atoms with Crippen molar-refractivity contribution in [3.8, 4) is 17.6 Å². The molecule has 146 valence electrons. The van der Waals surface area contributed by atoms with Crippen LogP contribution in [0.25, 0.3) is 6.08 Å². The van der Waals surface area contributed by atoms with Gasteiger partial charge < -0.3 is 14.2 Å². The van der Waals surface area contributed by atoms with Gasteiger partial charge in [-0.1, -0.05) is 35.3 Å². The van der Waals surface area contributed by atoms with Gasteiger partial charge in [0.2, 0.25) is 0 Å². The van der Waals surface area contributed by atoms with Crippen LogP contribution in [0.5, 0.6) is 11.5 Å². The molecule has 0 bridgehead atoms. The number of nitrogens with zero attached hydrogens (tertiary/aromatic N) is 1. The standard InChI is InChI=1S/C21H19Cl2NO4/c1-3-26-19-11-15(9-16(12-24)21(25)27-4-2)10-18(23)20(19)28-13-14-5-7-17(22)8-6-14/h5-11H,3-4,13H2,1-2H3. The summed E-state index contributed by atoms with van der Waals surface area (Å²) in [5.41, 5.74) is 1.31. The molecule has 5 nitrogen and oxygen atoms in total. The predicted octanol–water partition coefficient (Wildman–Crippen LogP) is 5.44. The maximum absolute atomic E-state index is 11.8. The Morgan fingerprint density at radius 3 is 2.43 bits per heavy atom. The van der Waals surface area contributed by atoms with Crippen LogP contribution in [-0.4, -0.2) is 19.2 Å². The second-order valence-electron chi connectivity index (χ2n) is 5.57. The van der Waals surface area contributed by atoms with Gasteiger partial charge in [0.25, 0.3) is 0 Å². The minimum Gasteiger partial charge on any atom is -0.490 e. The Morgan fingerprint density at radius 1 is 1.11 bits per heavy atom. The molecule has 7 heteroatoms. The van der Waals surface area contributed by atoms with E-state index in [0.717, 1.165) is 5.56 Å². The Labute approximate surface area is 174 Å². The molecule has 0 aliphatic rings. The fraction of sp³-hybridized carbons (Fsp3) is 0.238. The van der Waals surface area contributed by atoms with Gasteiger partial charge in [-0.25, -0.2) is 4.79 Å². The van der Waals surface area contributed by atoms with Crippen molar-refractivity contribution in [2.45, 2.75) is 20.5 Å². The lowest BCUT2D eigenvalue weighted by Crippen LogP contribution is -2.06. The first-order chi connectivity index (χ1) is 13.5. The van der Waals surface area contributed by atoms with Gasteiger partial charge in [-0.3, -0.25) is 0 Å². The van der Waals surface area contributed by atoms with E-state index in [1.165, 1.54) is 6.08 Å². The fourth-order valence-corrected chi connectivity index (χ4v) is 2.72. The van der Waals surface area contributed by atoms with E-state index in [4.69, 9.17) is 37.4 Å². The number of carbonyl (C=O) groups excluding carboxylic acids is 1. The van der Waals surface area contributed by atoms with Crippen LogP contribution in [-0.2, 0) is 16.1 Å². The monoisotopic (exact) mass is 419 g/mol. The lowest BCUT2D eigenvalue weighted by Gasteiger charge is -2.15. The fourth-order valence-electron chi connectivity index (χ4n) is 2.32. The quantitative estimate of drug-likeness (QED) is 0.323. The Balaban J connectivity index is 2.31. The van der Waals surface area contributed by atoms with Crippen molar-refractivity contribution in [3.05, 3.63) is 63.1 Å². The molecule has 2 rings (SSSR count). The molecule has 28 heavy (non-hydrogen) atoms. The summed E-state index contributed by atoms with van der Waals surface area (Å²) >= 11 is 12.3. The molecule has 0 radical (unpaired) electrons. The van der Waals surface area contributed by atoms with Crippen LogP contribution in [0.1, 0.15) is 25.0 Å². The van der Waals surface area contributed by atoms with Crippen molar-refractivity contribution in [2.75, 3.05) is 13.2 Å². The lowest BCUT2D eigenvalue weighted by molar-refractivity contribution is -0.137. The Kier molecular flexibility index (Phi) is 8.19. The van der Waals surface area contributed by atoms with E-state index in [9.17, 15) is 10.1 Å². The normalized spacial score (nSPS) is 10.9. The summed E-state index contributed by atoms with van der Waals surface area (Å²) in [7, 11) is 0. The van der Waals surface area contributed by atoms with Crippen molar-refractivity contribution in [1.29, 1.82) is 5.26 Å². The molecule has 2 aromatic rings. The van der Waals surface area contributed by atoms with E-state index >= 15 is 0 Å². The van der Waals surface area contributed by atoms with Gasteiger partial charge in [0.05, 0.1) is 18.2 Å². The predicted molar refractivity (Wildman–Crippen MR) is 109 cm³/mol. The minimum atomic E-state index is -0.692. The molecule has 0 spiro atoms. The number of nitriles is 1. The van der Waals surface area contributed by atoms with Crippen LogP contribution in [0.2, 0.25) is 10.0 Å². The number of ether oxygens (including phenoxy) is 3. The van der Waals surface area contributed by atoms with E-state index in [0.29, 0.717) is 33.7 Å². The molecule has 0 atom stereocenters. The van der Waals surface area contributed by atoms with Gasteiger partial charge in [0, 0.05) is 5.02 Å². The van der Waals surface area contributed by atoms with Crippen molar-refractivity contribution in [3.63, 3.8) is 0 Å². The summed E-state index contributed by atoms with van der Waals surface area (Å²) in [5, 5.41) is 10.1. The number of benzene rings is 2. The van der Waals surface area contributed by atoms with Gasteiger partial charge in [-0.15, -0.1) is 0 Å². The second-order valence-corrected chi connectivity index (χ2v) is 6.41. The molecule has 0 heterocycles. The summed E-state index contributed by atoms with van der Waals surface area (Å²) in [5.74, 6) is 0.101. The average Bonchev–Trinajstić information content (AvgIpc) is 2.67. The SMILES string of the molecule is CCOC(=O)C(C#N)=Cc1cc(Cl)c(OCc2ccc(Cl)cc2)c(OCC)c1. The summed E-state index contributed by atoms with van der Waals surface area (Å²) in [6.07, 6.45) is 1.40. The second kappa shape index (κ2) is 10.6. The molecule has 0 aliphatic carbocycles. The molecule has 0 saturated heterocycles. The number of esters is 1. The van der Waals surface area contributed by atoms with Crippen LogP contribution in [0.15, 0.2) is 42.0 Å². The van der Waals surface area contributed by atoms with Crippen molar-refractivity contribution >= 4 is 35.2 Å². The third-order valence-corrected chi connectivity index (χ3v) is 4.09. The number of hydrogen-bond donors (Lipinski definition) is 0. The molecule has 0 saturated carbocycles. The molecule has 0 N–H and O–H groups in total. The highest BCUT2D eigenvalue weighted by atomic mass is 35.5. The Hall–Kier alpha value is -2.68. The number of halogens is 2. The van der Waals surface area contributed by atoms with Crippen LogP contribution < -0.4 is 9.47 Å². The average molecular weight is 420 g/mol. The Bertz CT molecular complexity index is 902. The smallest absolute Gasteiger partial charge is 0.348 e. The van der Waals surface area contributed by atoms with Crippen molar-refractivity contribution in [2.24, 2.45) is 0 Å². The summed E-state index contributed by atoms with van der Waals surface area (Å²) in [6.45, 7) is 4.35. The molecule has 0 aromatic heterocycles. The first-order valence-corrected chi connectivity index (χ1v) is 9.36. The maximum atomic E-state index is 11.8. The number of hydrogen-bond acceptors (Lipinski definition) is 5. The molecule has 0 amide bonds. The van der Waals surface area contributed by atoms with Crippen LogP contribution >= 0.6 is 23.2 Å². The Morgan fingerprint density at radius 2 is 1.82 bits per heavy atom. The van der Waals surface area contributed by atoms with Gasteiger partial charge in [-0.2, -0.15) is 5.26 Å².